The van der Waals surface area contributed by atoms with Crippen molar-refractivity contribution in [3.05, 3.63) is 47.5 Å². The molecule has 0 saturated carbocycles. The molecule has 5 nitrogen and oxygen atoms in total. The molecule has 1 aliphatic heterocycles. The Balaban J connectivity index is 1.99. The van der Waals surface area contributed by atoms with E-state index in [4.69, 9.17) is 4.74 Å². The number of fused-ring (bicyclic) bond motifs is 1. The average molecular weight is 340 g/mol. The number of likely N-dealkylation sites (N-methyl/N-ethyl adjacent to an activating group) is 1. The van der Waals surface area contributed by atoms with Crippen LogP contribution in [0.1, 0.15) is 18.1 Å². The van der Waals surface area contributed by atoms with Crippen LogP contribution in [0, 0.1) is 6.92 Å². The molecule has 25 heavy (non-hydrogen) atoms. The van der Waals surface area contributed by atoms with Crippen LogP contribution in [-0.2, 0) is 11.3 Å². The number of phenols is 1. The second kappa shape index (κ2) is 7.15. The third-order valence-electron chi connectivity index (χ3n) is 4.69. The van der Waals surface area contributed by atoms with Gasteiger partial charge in [-0.2, -0.15) is 0 Å². The zero-order chi connectivity index (χ0) is 18.0. The number of nitrogens with zero attached hydrogens (tertiary/aromatic N) is 1. The van der Waals surface area contributed by atoms with Crippen molar-refractivity contribution >= 4 is 5.91 Å². The number of hydrogen-bond acceptors (Lipinski definition) is 4. The molecule has 0 bridgehead atoms. The number of ether oxygens (including phenoxy) is 1. The van der Waals surface area contributed by atoms with Crippen LogP contribution in [0.25, 0.3) is 11.1 Å². The first-order valence-corrected chi connectivity index (χ1v) is 8.52. The number of aromatic hydroxyl groups is 1. The molecule has 0 spiro atoms. The largest absolute Gasteiger partial charge is 0.504 e. The Morgan fingerprint density at radius 1 is 1.32 bits per heavy atom. The second-order valence-electron chi connectivity index (χ2n) is 6.42. The smallest absolute Gasteiger partial charge is 0.239 e. The summed E-state index contributed by atoms with van der Waals surface area (Å²) >= 11 is 0. The van der Waals surface area contributed by atoms with Crippen molar-refractivity contribution in [2.75, 3.05) is 20.2 Å². The van der Waals surface area contributed by atoms with Gasteiger partial charge in [-0.05, 0) is 49.7 Å². The van der Waals surface area contributed by atoms with Gasteiger partial charge in [0, 0.05) is 12.1 Å². The molecule has 132 valence electrons. The predicted molar refractivity (Wildman–Crippen MR) is 97.7 cm³/mol. The Hall–Kier alpha value is -2.53. The minimum absolute atomic E-state index is 0.0275. The fourth-order valence-corrected chi connectivity index (χ4v) is 3.14. The molecule has 0 saturated heterocycles. The third kappa shape index (κ3) is 3.46. The first-order valence-electron chi connectivity index (χ1n) is 8.52. The van der Waals surface area contributed by atoms with Gasteiger partial charge in [-0.1, -0.05) is 24.3 Å². The summed E-state index contributed by atoms with van der Waals surface area (Å²) in [5, 5.41) is 13.4. The van der Waals surface area contributed by atoms with Gasteiger partial charge in [-0.3, -0.25) is 4.79 Å². The van der Waals surface area contributed by atoms with Crippen molar-refractivity contribution in [1.82, 2.24) is 10.2 Å². The molecule has 2 aromatic carbocycles. The van der Waals surface area contributed by atoms with Crippen molar-refractivity contribution in [3.63, 3.8) is 0 Å². The molecule has 1 aliphatic rings. The molecule has 1 amide bonds. The van der Waals surface area contributed by atoms with Crippen molar-refractivity contribution in [2.45, 2.75) is 26.4 Å². The second-order valence-corrected chi connectivity index (χ2v) is 6.42. The maximum Gasteiger partial charge on any atom is 0.239 e. The highest BCUT2D eigenvalue weighted by molar-refractivity contribution is 5.82. The maximum absolute atomic E-state index is 12.5. The molecule has 3 rings (SSSR count). The van der Waals surface area contributed by atoms with Gasteiger partial charge < -0.3 is 20.1 Å². The van der Waals surface area contributed by atoms with E-state index >= 15 is 0 Å². The van der Waals surface area contributed by atoms with Crippen molar-refractivity contribution in [2.24, 2.45) is 0 Å². The fourth-order valence-electron chi connectivity index (χ4n) is 3.14. The Morgan fingerprint density at radius 3 is 2.80 bits per heavy atom. The summed E-state index contributed by atoms with van der Waals surface area (Å²) in [5.41, 5.74) is 3.95. The van der Waals surface area contributed by atoms with Crippen LogP contribution >= 0.6 is 0 Å². The zero-order valence-corrected chi connectivity index (χ0v) is 14.9. The molecule has 0 unspecified atom stereocenters. The van der Waals surface area contributed by atoms with Gasteiger partial charge in [0.25, 0.3) is 0 Å². The molecular weight excluding hydrogens is 316 g/mol. The van der Waals surface area contributed by atoms with Crippen LogP contribution in [0.3, 0.4) is 0 Å². The Bertz CT molecular complexity index is 789. The molecule has 5 heteroatoms. The molecule has 0 radical (unpaired) electrons. The van der Waals surface area contributed by atoms with Crippen molar-refractivity contribution in [1.29, 1.82) is 0 Å². The van der Waals surface area contributed by atoms with Crippen LogP contribution in [0.4, 0.5) is 0 Å². The van der Waals surface area contributed by atoms with Gasteiger partial charge in [0.1, 0.15) is 6.61 Å². The number of hydrogen-bond donors (Lipinski definition) is 2. The van der Waals surface area contributed by atoms with Gasteiger partial charge >= 0.3 is 0 Å². The van der Waals surface area contributed by atoms with E-state index in [1.54, 1.807) is 18.0 Å². The lowest BCUT2D eigenvalue weighted by Crippen LogP contribution is -2.44. The monoisotopic (exact) mass is 340 g/mol. The van der Waals surface area contributed by atoms with E-state index in [0.29, 0.717) is 25.4 Å². The van der Waals surface area contributed by atoms with Crippen LogP contribution in [0.5, 0.6) is 11.5 Å². The third-order valence-corrected chi connectivity index (χ3v) is 4.69. The molecule has 0 fully saturated rings. The zero-order valence-electron chi connectivity index (χ0n) is 14.9. The molecule has 2 N–H and O–H groups in total. The summed E-state index contributed by atoms with van der Waals surface area (Å²) in [6, 6.07) is 11.5. The van der Waals surface area contributed by atoms with E-state index in [9.17, 15) is 9.90 Å². The van der Waals surface area contributed by atoms with E-state index in [0.717, 1.165) is 22.3 Å². The summed E-state index contributed by atoms with van der Waals surface area (Å²) < 4.78 is 5.73. The highest BCUT2D eigenvalue weighted by Crippen LogP contribution is 2.38. The van der Waals surface area contributed by atoms with E-state index in [-0.39, 0.29) is 17.7 Å². The summed E-state index contributed by atoms with van der Waals surface area (Å²) in [6.45, 7) is 5.17. The van der Waals surface area contributed by atoms with Crippen LogP contribution in [0.2, 0.25) is 0 Å². The van der Waals surface area contributed by atoms with E-state index in [1.165, 1.54) is 0 Å². The number of amides is 1. The summed E-state index contributed by atoms with van der Waals surface area (Å²) in [7, 11) is 1.77. The minimum atomic E-state index is -0.255. The maximum atomic E-state index is 12.5. The van der Waals surface area contributed by atoms with E-state index in [2.05, 4.69) is 5.32 Å². The lowest BCUT2D eigenvalue weighted by Gasteiger charge is -2.23. The highest BCUT2D eigenvalue weighted by Gasteiger charge is 2.25. The minimum Gasteiger partial charge on any atom is -0.504 e. The quantitative estimate of drug-likeness (QED) is 0.902. The van der Waals surface area contributed by atoms with Crippen molar-refractivity contribution in [3.8, 4) is 22.6 Å². The number of nitrogens with one attached hydrogen (secondary N) is 1. The SMILES string of the molecule is CN[C@@H](C)C(=O)N1CCOc2c(O)cc(-c3ccccc3C)cc2C1. The summed E-state index contributed by atoms with van der Waals surface area (Å²) in [5.74, 6) is 0.621. The van der Waals surface area contributed by atoms with E-state index in [1.807, 2.05) is 44.2 Å². The molecule has 2 aromatic rings. The molecule has 0 aliphatic carbocycles. The normalized spacial score (nSPS) is 15.1. The average Bonchev–Trinajstić information content (AvgIpc) is 2.83. The van der Waals surface area contributed by atoms with Crippen LogP contribution in [-0.4, -0.2) is 42.2 Å². The Kier molecular flexibility index (Phi) is 4.95. The number of aryl methyl sites for hydroxylation is 1. The first-order chi connectivity index (χ1) is 12.0. The predicted octanol–water partition coefficient (Wildman–Crippen LogP) is 2.70. The molecule has 1 heterocycles. The van der Waals surface area contributed by atoms with Crippen molar-refractivity contribution < 1.29 is 14.6 Å². The highest BCUT2D eigenvalue weighted by atomic mass is 16.5. The van der Waals surface area contributed by atoms with Crippen LogP contribution in [0.15, 0.2) is 36.4 Å². The topological polar surface area (TPSA) is 61.8 Å². The molecule has 1 atom stereocenters. The Labute approximate surface area is 148 Å². The fraction of sp³-hybridized carbons (Fsp3) is 0.350. The lowest BCUT2D eigenvalue weighted by atomic mass is 9.97. The number of carbonyl (C=O) groups is 1. The Morgan fingerprint density at radius 2 is 2.08 bits per heavy atom. The number of carbonyl (C=O) groups excluding carboxylic acids is 1. The number of phenolic OH excluding ortho intramolecular Hbond substituents is 1. The summed E-state index contributed by atoms with van der Waals surface area (Å²) in [6.07, 6.45) is 0. The van der Waals surface area contributed by atoms with Gasteiger partial charge in [-0.25, -0.2) is 0 Å². The van der Waals surface area contributed by atoms with Crippen LogP contribution < -0.4 is 10.1 Å². The van der Waals surface area contributed by atoms with E-state index < -0.39 is 0 Å². The molecule has 0 aromatic heterocycles. The summed E-state index contributed by atoms with van der Waals surface area (Å²) in [4.78, 5) is 14.3. The van der Waals surface area contributed by atoms with Gasteiger partial charge in [0.15, 0.2) is 11.5 Å². The standard InChI is InChI=1S/C20H24N2O3/c1-13-6-4-5-7-17(13)15-10-16-12-22(20(24)14(2)21-3)8-9-25-19(16)18(23)11-15/h4-7,10-11,14,21,23H,8-9,12H2,1-3H3/t14-/m0/s1. The lowest BCUT2D eigenvalue weighted by molar-refractivity contribution is -0.133. The van der Waals surface area contributed by atoms with Gasteiger partial charge in [0.05, 0.1) is 12.6 Å². The van der Waals surface area contributed by atoms with Gasteiger partial charge in [0.2, 0.25) is 5.91 Å². The van der Waals surface area contributed by atoms with Gasteiger partial charge in [-0.15, -0.1) is 0 Å². The number of rotatable bonds is 3. The molecular formula is C20H24N2O3. The first kappa shape index (κ1) is 17.3. The number of benzene rings is 2.